The van der Waals surface area contributed by atoms with Gasteiger partial charge in [0.15, 0.2) is 11.5 Å². The molecule has 2 N–H and O–H groups in total. The molecule has 0 aromatic heterocycles. The molecule has 1 aliphatic heterocycles. The lowest BCUT2D eigenvalue weighted by Gasteiger charge is -2.06. The van der Waals surface area contributed by atoms with Crippen LogP contribution >= 0.6 is 11.8 Å². The lowest BCUT2D eigenvalue weighted by atomic mass is 10.1. The zero-order valence-electron chi connectivity index (χ0n) is 15.7. The largest absolute Gasteiger partial charge is 0.506 e. The van der Waals surface area contributed by atoms with Gasteiger partial charge in [0, 0.05) is 5.56 Å². The van der Waals surface area contributed by atoms with Crippen molar-refractivity contribution < 1.29 is 28.9 Å². The van der Waals surface area contributed by atoms with Gasteiger partial charge in [0.1, 0.15) is 22.2 Å². The minimum atomic E-state index is -0.725. The summed E-state index contributed by atoms with van der Waals surface area (Å²) in [5.41, 5.74) is 0.716. The molecule has 0 unspecified atom stereocenters. The normalized spacial score (nSPS) is 16.5. The van der Waals surface area contributed by atoms with Crippen LogP contribution < -0.4 is 4.74 Å². The maximum atomic E-state index is 13.2. The first-order chi connectivity index (χ1) is 13.9. The summed E-state index contributed by atoms with van der Waals surface area (Å²) in [6.07, 6.45) is 1.52. The molecule has 0 spiro atoms. The number of carbonyl (C=O) groups is 1. The molecule has 0 aliphatic carbocycles. The van der Waals surface area contributed by atoms with Gasteiger partial charge in [-0.25, -0.2) is 14.2 Å². The second kappa shape index (κ2) is 8.83. The number of carbonyl (C=O) groups excluding carboxylic acids is 1. The number of benzene rings is 2. The number of aliphatic imine (C=N–C) groups is 1. The number of hydrogen-bond acceptors (Lipinski definition) is 7. The number of nitrogens with zero attached hydrogens (tertiary/aromatic N) is 1. The summed E-state index contributed by atoms with van der Waals surface area (Å²) >= 11 is 1.04. The second-order valence-electron chi connectivity index (χ2n) is 5.85. The Bertz CT molecular complexity index is 1030. The molecule has 29 heavy (non-hydrogen) atoms. The van der Waals surface area contributed by atoms with Gasteiger partial charge in [-0.2, -0.15) is 0 Å². The molecule has 0 atom stereocenters. The van der Waals surface area contributed by atoms with E-state index in [0.717, 1.165) is 11.8 Å². The third-order valence-corrected chi connectivity index (χ3v) is 4.98. The average Bonchev–Trinajstić information content (AvgIpc) is 3.00. The van der Waals surface area contributed by atoms with Crippen molar-refractivity contribution in [3.8, 4) is 11.5 Å². The van der Waals surface area contributed by atoms with Crippen molar-refractivity contribution in [3.05, 3.63) is 70.1 Å². The van der Waals surface area contributed by atoms with Crippen LogP contribution in [0.5, 0.6) is 11.5 Å². The number of hydrogen-bond donors (Lipinski definition) is 2. The number of aliphatic hydroxyl groups is 1. The third-order valence-electron chi connectivity index (χ3n) is 3.96. The third kappa shape index (κ3) is 4.43. The first-order valence-electron chi connectivity index (χ1n) is 8.65. The zero-order valence-corrected chi connectivity index (χ0v) is 16.5. The number of ether oxygens (including phenoxy) is 2. The summed E-state index contributed by atoms with van der Waals surface area (Å²) in [4.78, 5) is 17.0. The van der Waals surface area contributed by atoms with Gasteiger partial charge in [-0.05, 0) is 43.3 Å². The number of phenolic OH excluding ortho intramolecular Hbond substituents is 1. The number of methoxy groups -OCH3 is 1. The van der Waals surface area contributed by atoms with Gasteiger partial charge in [0.2, 0.25) is 0 Å². The highest BCUT2D eigenvalue weighted by Crippen LogP contribution is 2.42. The van der Waals surface area contributed by atoms with E-state index in [9.17, 15) is 19.4 Å². The quantitative estimate of drug-likeness (QED) is 0.686. The summed E-state index contributed by atoms with van der Waals surface area (Å²) in [6, 6.07) is 10.3. The first-order valence-corrected chi connectivity index (χ1v) is 9.47. The standard InChI is InChI=1S/C21H18FNO5S/c1-3-28-21(26)17-19(25)16(11-12-5-4-6-15(27-2)18(12)24)29-20(17)23-14-9-7-13(22)8-10-14/h4-11,24-25H,3H2,1-2H3/b16-11+,23-20?. The number of thioether (sulfide) groups is 1. The highest BCUT2D eigenvalue weighted by Gasteiger charge is 2.33. The summed E-state index contributed by atoms with van der Waals surface area (Å²) in [5.74, 6) is -1.27. The predicted molar refractivity (Wildman–Crippen MR) is 110 cm³/mol. The maximum absolute atomic E-state index is 13.2. The second-order valence-corrected chi connectivity index (χ2v) is 6.88. The molecule has 0 amide bonds. The van der Waals surface area contributed by atoms with E-state index in [2.05, 4.69) is 4.99 Å². The molecule has 150 valence electrons. The van der Waals surface area contributed by atoms with E-state index < -0.39 is 11.8 Å². The van der Waals surface area contributed by atoms with E-state index in [0.29, 0.717) is 16.2 Å². The van der Waals surface area contributed by atoms with Crippen molar-refractivity contribution in [3.63, 3.8) is 0 Å². The number of halogens is 1. The molecule has 0 bridgehead atoms. The Morgan fingerprint density at radius 2 is 1.93 bits per heavy atom. The average molecular weight is 415 g/mol. The van der Waals surface area contributed by atoms with Crippen LogP contribution in [0.1, 0.15) is 12.5 Å². The molecule has 0 saturated carbocycles. The lowest BCUT2D eigenvalue weighted by molar-refractivity contribution is -0.138. The first kappa shape index (κ1) is 20.5. The van der Waals surface area contributed by atoms with Crippen LogP contribution in [0.15, 0.2) is 63.7 Å². The molecule has 0 fully saturated rings. The number of aromatic hydroxyl groups is 1. The molecular formula is C21H18FNO5S. The Morgan fingerprint density at radius 3 is 2.59 bits per heavy atom. The van der Waals surface area contributed by atoms with Crippen molar-refractivity contribution in [1.82, 2.24) is 0 Å². The van der Waals surface area contributed by atoms with Gasteiger partial charge in [-0.15, -0.1) is 0 Å². The zero-order chi connectivity index (χ0) is 21.0. The van der Waals surface area contributed by atoms with Gasteiger partial charge in [0.05, 0.1) is 24.3 Å². The van der Waals surface area contributed by atoms with Crippen molar-refractivity contribution in [2.45, 2.75) is 6.92 Å². The van der Waals surface area contributed by atoms with Crippen molar-refractivity contribution >= 4 is 34.5 Å². The van der Waals surface area contributed by atoms with Crippen LogP contribution in [0, 0.1) is 5.82 Å². The Kier molecular flexibility index (Phi) is 6.23. The number of aliphatic hydroxyl groups excluding tert-OH is 1. The number of para-hydroxylation sites is 1. The fraction of sp³-hybridized carbons (Fsp3) is 0.143. The number of rotatable bonds is 5. The lowest BCUT2D eigenvalue weighted by Crippen LogP contribution is -2.12. The number of phenols is 1. The summed E-state index contributed by atoms with van der Waals surface area (Å²) < 4.78 is 23.3. The van der Waals surface area contributed by atoms with Crippen LogP contribution in [-0.2, 0) is 9.53 Å². The minimum Gasteiger partial charge on any atom is -0.506 e. The van der Waals surface area contributed by atoms with E-state index >= 15 is 0 Å². The van der Waals surface area contributed by atoms with Crippen molar-refractivity contribution in [1.29, 1.82) is 0 Å². The van der Waals surface area contributed by atoms with Crippen molar-refractivity contribution in [2.24, 2.45) is 4.99 Å². The highest BCUT2D eigenvalue weighted by atomic mass is 32.2. The van der Waals surface area contributed by atoms with Gasteiger partial charge in [0.25, 0.3) is 0 Å². The van der Waals surface area contributed by atoms with Gasteiger partial charge in [-0.1, -0.05) is 23.9 Å². The monoisotopic (exact) mass is 415 g/mol. The molecule has 2 aromatic carbocycles. The van der Waals surface area contributed by atoms with Crippen LogP contribution in [0.4, 0.5) is 10.1 Å². The molecular weight excluding hydrogens is 397 g/mol. The Balaban J connectivity index is 2.06. The Morgan fingerprint density at radius 1 is 1.21 bits per heavy atom. The molecule has 0 radical (unpaired) electrons. The molecule has 3 rings (SSSR count). The van der Waals surface area contributed by atoms with Gasteiger partial charge in [-0.3, -0.25) is 0 Å². The summed E-state index contributed by atoms with van der Waals surface area (Å²) in [5, 5.41) is 21.2. The van der Waals surface area contributed by atoms with E-state index in [-0.39, 0.29) is 34.5 Å². The molecule has 2 aromatic rings. The smallest absolute Gasteiger partial charge is 0.344 e. The van der Waals surface area contributed by atoms with Crippen LogP contribution in [0.3, 0.4) is 0 Å². The van der Waals surface area contributed by atoms with E-state index in [1.807, 2.05) is 0 Å². The van der Waals surface area contributed by atoms with Crippen LogP contribution in [0.2, 0.25) is 0 Å². The SMILES string of the molecule is CCOC(=O)C1=C(O)/C(=C\c2cccc(OC)c2O)SC1=Nc1ccc(F)cc1. The van der Waals surface area contributed by atoms with Crippen LogP contribution in [0.25, 0.3) is 6.08 Å². The van der Waals surface area contributed by atoms with Gasteiger partial charge >= 0.3 is 5.97 Å². The maximum Gasteiger partial charge on any atom is 0.344 e. The summed E-state index contributed by atoms with van der Waals surface area (Å²) in [6.45, 7) is 1.78. The molecule has 8 heteroatoms. The van der Waals surface area contributed by atoms with Crippen molar-refractivity contribution in [2.75, 3.05) is 13.7 Å². The van der Waals surface area contributed by atoms with E-state index in [4.69, 9.17) is 9.47 Å². The van der Waals surface area contributed by atoms with Crippen LogP contribution in [-0.4, -0.2) is 34.9 Å². The molecule has 6 nitrogen and oxygen atoms in total. The topological polar surface area (TPSA) is 88.4 Å². The predicted octanol–water partition coefficient (Wildman–Crippen LogP) is 4.73. The molecule has 0 saturated heterocycles. The van der Waals surface area contributed by atoms with E-state index in [1.54, 1.807) is 25.1 Å². The Labute approximate surface area is 171 Å². The number of esters is 1. The fourth-order valence-corrected chi connectivity index (χ4v) is 3.61. The summed E-state index contributed by atoms with van der Waals surface area (Å²) in [7, 11) is 1.43. The molecule has 1 heterocycles. The Hall–Kier alpha value is -3.26. The fourth-order valence-electron chi connectivity index (χ4n) is 2.59. The molecule has 1 aliphatic rings. The highest BCUT2D eigenvalue weighted by molar-refractivity contribution is 8.18. The minimum absolute atomic E-state index is 0.0881. The van der Waals surface area contributed by atoms with Gasteiger partial charge < -0.3 is 19.7 Å². The van der Waals surface area contributed by atoms with E-state index in [1.165, 1.54) is 37.5 Å².